The molecule has 3 heteroatoms. The lowest BCUT2D eigenvalue weighted by Crippen LogP contribution is -2.08. The highest BCUT2D eigenvalue weighted by Crippen LogP contribution is 2.40. The lowest BCUT2D eigenvalue weighted by atomic mass is 9.92. The van der Waals surface area contributed by atoms with Gasteiger partial charge in [-0.3, -0.25) is 4.57 Å². The van der Waals surface area contributed by atoms with Gasteiger partial charge in [-0.1, -0.05) is 88.4 Å². The Hall–Kier alpha value is -3.85. The number of hydrogen-bond acceptors (Lipinski definition) is 2. The Morgan fingerprint density at radius 1 is 0.735 bits per heavy atom. The van der Waals surface area contributed by atoms with Crippen molar-refractivity contribution in [2.24, 2.45) is 0 Å². The van der Waals surface area contributed by atoms with Crippen molar-refractivity contribution in [3.8, 4) is 17.1 Å². The summed E-state index contributed by atoms with van der Waals surface area (Å²) >= 11 is 0. The van der Waals surface area contributed by atoms with E-state index in [4.69, 9.17) is 12.1 Å². The van der Waals surface area contributed by atoms with Gasteiger partial charge in [-0.25, -0.2) is 4.98 Å². The molecule has 3 nitrogen and oxygen atoms in total. The number of para-hydroxylation sites is 5. The van der Waals surface area contributed by atoms with Gasteiger partial charge in [0.05, 0.1) is 22.3 Å². The first-order valence-corrected chi connectivity index (χ1v) is 11.7. The van der Waals surface area contributed by atoms with E-state index in [2.05, 4.69) is 22.8 Å². The van der Waals surface area contributed by atoms with Crippen LogP contribution in [0.3, 0.4) is 0 Å². The minimum Gasteiger partial charge on any atom is -0.455 e. The highest BCUT2D eigenvalue weighted by molar-refractivity contribution is 6.09. The van der Waals surface area contributed by atoms with Crippen molar-refractivity contribution in [2.45, 2.75) is 39.5 Å². The third kappa shape index (κ3) is 3.07. The summed E-state index contributed by atoms with van der Waals surface area (Å²) < 4.78 is 26.5. The van der Waals surface area contributed by atoms with Crippen molar-refractivity contribution < 1.29 is 7.16 Å². The van der Waals surface area contributed by atoms with Crippen LogP contribution in [0.4, 0.5) is 0 Å². The van der Waals surface area contributed by atoms with E-state index in [-0.39, 0.29) is 0 Å². The molecule has 0 N–H and O–H groups in total. The van der Waals surface area contributed by atoms with Crippen molar-refractivity contribution >= 4 is 33.0 Å². The number of rotatable bonds is 4. The standard InChI is InChI=1S/C31H28N2O/c1-19(2)21-12-9-13-22(20(3)4)29(21)33-27-17-7-6-16-26(27)32-31(33)25-15-10-14-24-23-11-5-8-18-28(23)34-30(24)25/h5-20H,1-4H3/i19D,20D. The van der Waals surface area contributed by atoms with Crippen molar-refractivity contribution in [1.29, 1.82) is 0 Å². The van der Waals surface area contributed by atoms with Gasteiger partial charge >= 0.3 is 0 Å². The van der Waals surface area contributed by atoms with E-state index in [1.54, 1.807) is 0 Å². The molecule has 0 saturated carbocycles. The highest BCUT2D eigenvalue weighted by atomic mass is 16.3. The Kier molecular flexibility index (Phi) is 4.30. The zero-order valence-corrected chi connectivity index (χ0v) is 19.9. The molecule has 0 aliphatic carbocycles. The Morgan fingerprint density at radius 2 is 1.38 bits per heavy atom. The van der Waals surface area contributed by atoms with Crippen LogP contribution in [0, 0.1) is 0 Å². The molecule has 2 aromatic heterocycles. The van der Waals surface area contributed by atoms with Crippen LogP contribution in [0.5, 0.6) is 0 Å². The average molecular weight is 447 g/mol. The summed E-state index contributed by atoms with van der Waals surface area (Å²) in [5.74, 6) is -1.03. The zero-order valence-electron chi connectivity index (χ0n) is 21.9. The van der Waals surface area contributed by atoms with Crippen LogP contribution in [-0.2, 0) is 0 Å². The van der Waals surface area contributed by atoms with Crippen LogP contribution in [0.15, 0.2) is 89.3 Å². The van der Waals surface area contributed by atoms with Crippen LogP contribution in [0.25, 0.3) is 50.0 Å². The van der Waals surface area contributed by atoms with E-state index in [0.717, 1.165) is 61.2 Å². The number of furan rings is 1. The van der Waals surface area contributed by atoms with Crippen LogP contribution in [0.1, 0.15) is 53.4 Å². The average Bonchev–Trinajstić information content (AvgIpc) is 3.41. The van der Waals surface area contributed by atoms with Gasteiger partial charge < -0.3 is 4.42 Å². The molecule has 0 radical (unpaired) electrons. The second-order valence-corrected chi connectivity index (χ2v) is 9.24. The summed E-state index contributed by atoms with van der Waals surface area (Å²) in [6, 6.07) is 28.2. The molecule has 2 heterocycles. The third-order valence-corrected chi connectivity index (χ3v) is 6.54. The van der Waals surface area contributed by atoms with Crippen molar-refractivity contribution in [1.82, 2.24) is 9.55 Å². The molecule has 168 valence electrons. The van der Waals surface area contributed by atoms with Gasteiger partial charge in [0.15, 0.2) is 0 Å². The van der Waals surface area contributed by atoms with E-state index >= 15 is 0 Å². The molecule has 6 aromatic rings. The maximum absolute atomic E-state index is 8.99. The van der Waals surface area contributed by atoms with Crippen LogP contribution in [0.2, 0.25) is 0 Å². The molecule has 0 unspecified atom stereocenters. The van der Waals surface area contributed by atoms with Crippen molar-refractivity contribution in [2.75, 3.05) is 0 Å². The second-order valence-electron chi connectivity index (χ2n) is 9.24. The Labute approximate surface area is 202 Å². The monoisotopic (exact) mass is 446 g/mol. The second kappa shape index (κ2) is 7.88. The summed E-state index contributed by atoms with van der Waals surface area (Å²) in [4.78, 5) is 5.11. The van der Waals surface area contributed by atoms with Gasteiger partial charge in [0.2, 0.25) is 0 Å². The maximum Gasteiger partial charge on any atom is 0.149 e. The van der Waals surface area contributed by atoms with E-state index < -0.39 is 11.8 Å². The molecular formula is C31H28N2O. The van der Waals surface area contributed by atoms with E-state index in [9.17, 15) is 0 Å². The van der Waals surface area contributed by atoms with Gasteiger partial charge in [-0.15, -0.1) is 0 Å². The fourth-order valence-electron chi connectivity index (χ4n) is 4.95. The fraction of sp³-hybridized carbons (Fsp3) is 0.194. The number of imidazole rings is 1. The van der Waals surface area contributed by atoms with Crippen molar-refractivity contribution in [3.63, 3.8) is 0 Å². The minimum atomic E-state index is -0.884. The summed E-state index contributed by atoms with van der Waals surface area (Å²) in [6.45, 7) is 7.58. The molecule has 6 rings (SSSR count). The first kappa shape index (κ1) is 18.6. The predicted octanol–water partition coefficient (Wildman–Crippen LogP) is 8.84. The predicted molar refractivity (Wildman–Crippen MR) is 142 cm³/mol. The van der Waals surface area contributed by atoms with Crippen LogP contribution >= 0.6 is 0 Å². The normalized spacial score (nSPS) is 13.5. The smallest absolute Gasteiger partial charge is 0.149 e. The number of hydrogen-bond donors (Lipinski definition) is 0. The quantitative estimate of drug-likeness (QED) is 0.271. The number of fused-ring (bicyclic) bond motifs is 4. The van der Waals surface area contributed by atoms with Crippen LogP contribution in [-0.4, -0.2) is 9.55 Å². The third-order valence-electron chi connectivity index (χ3n) is 6.54. The number of benzene rings is 4. The van der Waals surface area contributed by atoms with Gasteiger partial charge in [0.25, 0.3) is 0 Å². The number of nitrogens with zero attached hydrogens (tertiary/aromatic N) is 2. The highest BCUT2D eigenvalue weighted by Gasteiger charge is 2.24. The molecule has 0 spiro atoms. The van der Waals surface area contributed by atoms with E-state index in [1.807, 2.05) is 94.4 Å². The molecule has 0 saturated heterocycles. The summed E-state index contributed by atoms with van der Waals surface area (Å²) in [5, 5.41) is 2.11. The minimum absolute atomic E-state index is 0.739. The van der Waals surface area contributed by atoms with Gasteiger partial charge in [-0.2, -0.15) is 0 Å². The molecule has 0 aliphatic rings. The first-order chi connectivity index (χ1) is 17.1. The summed E-state index contributed by atoms with van der Waals surface area (Å²) in [5.41, 5.74) is 6.83. The molecule has 0 atom stereocenters. The largest absolute Gasteiger partial charge is 0.455 e. The maximum atomic E-state index is 8.99. The molecular weight excluding hydrogens is 416 g/mol. The van der Waals surface area contributed by atoms with Gasteiger partial charge in [0, 0.05) is 13.5 Å². The Balaban J connectivity index is 1.79. The molecule has 0 bridgehead atoms. The van der Waals surface area contributed by atoms with E-state index in [0.29, 0.717) is 0 Å². The van der Waals surface area contributed by atoms with Crippen LogP contribution < -0.4 is 0 Å². The lowest BCUT2D eigenvalue weighted by molar-refractivity contribution is 0.669. The summed E-state index contributed by atoms with van der Waals surface area (Å²) in [7, 11) is 0. The molecule has 0 fully saturated rings. The van der Waals surface area contributed by atoms with E-state index in [1.165, 1.54) is 0 Å². The van der Waals surface area contributed by atoms with Gasteiger partial charge in [0.1, 0.15) is 17.0 Å². The first-order valence-electron chi connectivity index (χ1n) is 12.7. The Morgan fingerprint density at radius 3 is 2.15 bits per heavy atom. The zero-order chi connectivity index (χ0) is 25.2. The molecule has 0 amide bonds. The molecule has 0 aliphatic heterocycles. The van der Waals surface area contributed by atoms with Crippen molar-refractivity contribution in [3.05, 3.63) is 96.1 Å². The fourth-order valence-corrected chi connectivity index (χ4v) is 4.95. The lowest BCUT2D eigenvalue weighted by Gasteiger charge is -2.22. The molecule has 4 aromatic carbocycles. The SMILES string of the molecule is [2H]C(C)(C)c1cccc(C([2H])(C)C)c1-n1c(-c2cccc3c2oc2ccccc23)nc2ccccc21. The topological polar surface area (TPSA) is 31.0 Å². The number of aromatic nitrogens is 2. The van der Waals surface area contributed by atoms with Gasteiger partial charge in [-0.05, 0) is 47.2 Å². The Bertz CT molecular complexity index is 1730. The summed E-state index contributed by atoms with van der Waals surface area (Å²) in [6.07, 6.45) is 0. The molecule has 34 heavy (non-hydrogen) atoms.